The molecule has 4 rings (SSSR count). The van der Waals surface area contributed by atoms with Crippen LogP contribution in [0.2, 0.25) is 0 Å². The van der Waals surface area contributed by atoms with E-state index in [1.165, 1.54) is 27.8 Å². The zero-order valence-corrected chi connectivity index (χ0v) is 20.3. The first-order valence-electron chi connectivity index (χ1n) is 10.0. The van der Waals surface area contributed by atoms with E-state index in [0.717, 1.165) is 26.8 Å². The van der Waals surface area contributed by atoms with Crippen LogP contribution in [0.15, 0.2) is 69.5 Å². The number of hydrogen-bond donors (Lipinski definition) is 0. The van der Waals surface area contributed by atoms with Crippen molar-refractivity contribution in [1.82, 2.24) is 8.87 Å². The summed E-state index contributed by atoms with van der Waals surface area (Å²) in [6.07, 6.45) is 2.86. The average molecular weight is 538 g/mol. The van der Waals surface area contributed by atoms with Gasteiger partial charge in [0, 0.05) is 24.1 Å². The van der Waals surface area contributed by atoms with Gasteiger partial charge in [-0.15, -0.1) is 6.58 Å². The van der Waals surface area contributed by atoms with Crippen molar-refractivity contribution in [3.05, 3.63) is 70.2 Å². The van der Waals surface area contributed by atoms with Gasteiger partial charge in [-0.3, -0.25) is 4.79 Å². The van der Waals surface area contributed by atoms with Gasteiger partial charge in [0.15, 0.2) is 4.80 Å². The lowest BCUT2D eigenvalue weighted by Crippen LogP contribution is -2.42. The number of benzene rings is 2. The molecule has 1 aliphatic rings. The topological polar surface area (TPSA) is 71.7 Å². The molecular weight excluding hydrogens is 517 g/mol. The minimum Gasteiger partial charge on any atom is -0.313 e. The number of rotatable bonds is 5. The molecule has 6 nitrogen and oxygen atoms in total. The van der Waals surface area contributed by atoms with Gasteiger partial charge < -0.3 is 4.57 Å². The van der Waals surface area contributed by atoms with Gasteiger partial charge in [0.25, 0.3) is 5.91 Å². The minimum absolute atomic E-state index is 0.0165. The van der Waals surface area contributed by atoms with Gasteiger partial charge in [0.05, 0.1) is 21.0 Å². The number of aromatic nitrogens is 1. The maximum atomic E-state index is 13.2. The number of carbonyl (C=O) groups excluding carboxylic acids is 1. The highest BCUT2D eigenvalue weighted by molar-refractivity contribution is 9.10. The Labute approximate surface area is 197 Å². The Kier molecular flexibility index (Phi) is 6.75. The third-order valence-corrected chi connectivity index (χ3v) is 8.76. The third-order valence-electron chi connectivity index (χ3n) is 5.35. The van der Waals surface area contributed by atoms with Gasteiger partial charge in [0.2, 0.25) is 10.0 Å². The lowest BCUT2D eigenvalue weighted by Gasteiger charge is -2.30. The first-order valence-corrected chi connectivity index (χ1v) is 13.1. The van der Waals surface area contributed by atoms with Gasteiger partial charge in [-0.05, 0) is 55.3 Å². The molecular formula is C22H21BrFN3O3S2. The molecule has 2 heterocycles. The number of thiazole rings is 1. The van der Waals surface area contributed by atoms with E-state index in [9.17, 15) is 17.6 Å². The van der Waals surface area contributed by atoms with Crippen LogP contribution in [0.25, 0.3) is 10.2 Å². The first-order chi connectivity index (χ1) is 15.3. The number of piperidine rings is 1. The molecule has 1 aliphatic heterocycles. The molecule has 32 heavy (non-hydrogen) atoms. The van der Waals surface area contributed by atoms with E-state index in [-0.39, 0.29) is 17.3 Å². The Morgan fingerprint density at radius 1 is 1.28 bits per heavy atom. The van der Waals surface area contributed by atoms with Gasteiger partial charge >= 0.3 is 0 Å². The van der Waals surface area contributed by atoms with Crippen LogP contribution in [0.1, 0.15) is 12.8 Å². The number of amides is 1. The van der Waals surface area contributed by atoms with Crippen molar-refractivity contribution in [2.45, 2.75) is 24.3 Å². The molecule has 2 aromatic carbocycles. The second kappa shape index (κ2) is 9.38. The van der Waals surface area contributed by atoms with Crippen molar-refractivity contribution in [2.24, 2.45) is 10.9 Å². The summed E-state index contributed by atoms with van der Waals surface area (Å²) in [5.41, 5.74) is 0.953. The summed E-state index contributed by atoms with van der Waals surface area (Å²) < 4.78 is 44.3. The zero-order chi connectivity index (χ0) is 22.9. The Bertz CT molecular complexity index is 1350. The van der Waals surface area contributed by atoms with Gasteiger partial charge in [-0.1, -0.05) is 33.3 Å². The highest BCUT2D eigenvalue weighted by Gasteiger charge is 2.33. The van der Waals surface area contributed by atoms with E-state index < -0.39 is 21.8 Å². The molecule has 3 aromatic rings. The van der Waals surface area contributed by atoms with E-state index in [1.54, 1.807) is 6.08 Å². The Morgan fingerprint density at radius 3 is 2.75 bits per heavy atom. The van der Waals surface area contributed by atoms with E-state index in [2.05, 4.69) is 27.5 Å². The van der Waals surface area contributed by atoms with E-state index in [4.69, 9.17) is 0 Å². The smallest absolute Gasteiger partial charge is 0.252 e. The molecule has 0 N–H and O–H groups in total. The Balaban J connectivity index is 1.62. The van der Waals surface area contributed by atoms with Crippen LogP contribution in [-0.4, -0.2) is 36.3 Å². The number of hydrogen-bond acceptors (Lipinski definition) is 4. The molecule has 10 heteroatoms. The molecule has 1 amide bonds. The van der Waals surface area contributed by atoms with Gasteiger partial charge in [-0.25, -0.2) is 12.8 Å². The van der Waals surface area contributed by atoms with E-state index in [1.807, 2.05) is 22.8 Å². The fourth-order valence-electron chi connectivity index (χ4n) is 3.74. The fraction of sp³-hybridized carbons (Fsp3) is 0.273. The minimum atomic E-state index is -3.81. The standard InChI is InChI=1S/C22H21BrFN3O3S2/c1-2-11-27-19-10-5-16(23)13-20(19)31-22(27)25-21(28)15-4-3-12-26(14-15)32(29,30)18-8-6-17(24)7-9-18/h2,5-10,13,15H,1,3-4,11-12,14H2. The van der Waals surface area contributed by atoms with Crippen LogP contribution in [0.3, 0.4) is 0 Å². The third kappa shape index (κ3) is 4.63. The fourth-order valence-corrected chi connectivity index (χ4v) is 6.86. The van der Waals surface area contributed by atoms with Crippen LogP contribution in [-0.2, 0) is 21.4 Å². The Hall–Kier alpha value is -2.14. The zero-order valence-electron chi connectivity index (χ0n) is 17.1. The highest BCUT2D eigenvalue weighted by atomic mass is 79.9. The first kappa shape index (κ1) is 23.0. The molecule has 0 bridgehead atoms. The summed E-state index contributed by atoms with van der Waals surface area (Å²) in [5, 5.41) is 0. The van der Waals surface area contributed by atoms with Crippen LogP contribution < -0.4 is 4.80 Å². The van der Waals surface area contributed by atoms with Crippen molar-refractivity contribution >= 4 is 53.4 Å². The Morgan fingerprint density at radius 2 is 2.03 bits per heavy atom. The lowest BCUT2D eigenvalue weighted by molar-refractivity contribution is -0.122. The lowest BCUT2D eigenvalue weighted by atomic mass is 9.99. The van der Waals surface area contributed by atoms with Crippen LogP contribution >= 0.6 is 27.3 Å². The molecule has 168 valence electrons. The maximum absolute atomic E-state index is 13.2. The maximum Gasteiger partial charge on any atom is 0.252 e. The molecule has 1 atom stereocenters. The summed E-state index contributed by atoms with van der Waals surface area (Å²) in [5.74, 6) is -1.38. The number of halogens is 2. The second-order valence-electron chi connectivity index (χ2n) is 7.50. The number of nitrogens with zero attached hydrogens (tertiary/aromatic N) is 3. The molecule has 0 aliphatic carbocycles. The summed E-state index contributed by atoms with van der Waals surface area (Å²) in [4.78, 5) is 18.0. The van der Waals surface area contributed by atoms with E-state index in [0.29, 0.717) is 30.7 Å². The molecule has 1 aromatic heterocycles. The predicted octanol–water partition coefficient (Wildman–Crippen LogP) is 4.32. The monoisotopic (exact) mass is 537 g/mol. The second-order valence-corrected chi connectivity index (χ2v) is 11.4. The predicted molar refractivity (Wildman–Crippen MR) is 126 cm³/mol. The molecule has 1 unspecified atom stereocenters. The van der Waals surface area contributed by atoms with Crippen LogP contribution in [0.4, 0.5) is 4.39 Å². The highest BCUT2D eigenvalue weighted by Crippen LogP contribution is 2.26. The largest absolute Gasteiger partial charge is 0.313 e. The summed E-state index contributed by atoms with van der Waals surface area (Å²) in [6, 6.07) is 10.6. The van der Waals surface area contributed by atoms with Crippen LogP contribution in [0.5, 0.6) is 0 Å². The van der Waals surface area contributed by atoms with Crippen molar-refractivity contribution in [3.8, 4) is 0 Å². The van der Waals surface area contributed by atoms with Gasteiger partial charge in [0.1, 0.15) is 5.82 Å². The number of carbonyl (C=O) groups is 1. The number of allylic oxidation sites excluding steroid dienone is 1. The normalized spacial score (nSPS) is 18.2. The van der Waals surface area contributed by atoms with Crippen molar-refractivity contribution < 1.29 is 17.6 Å². The van der Waals surface area contributed by atoms with Crippen molar-refractivity contribution in [2.75, 3.05) is 13.1 Å². The number of fused-ring (bicyclic) bond motifs is 1. The SMILES string of the molecule is C=CCn1c(=NC(=O)C2CCCN(S(=O)(=O)c3ccc(F)cc3)C2)sc2cc(Br)ccc21. The molecule has 0 radical (unpaired) electrons. The molecule has 0 spiro atoms. The summed E-state index contributed by atoms with van der Waals surface area (Å²) in [7, 11) is -3.81. The molecule has 1 fully saturated rings. The van der Waals surface area contributed by atoms with Crippen molar-refractivity contribution in [1.29, 1.82) is 0 Å². The van der Waals surface area contributed by atoms with Gasteiger partial charge in [-0.2, -0.15) is 9.30 Å². The molecule has 0 saturated carbocycles. The van der Waals surface area contributed by atoms with Crippen molar-refractivity contribution in [3.63, 3.8) is 0 Å². The van der Waals surface area contributed by atoms with E-state index >= 15 is 0 Å². The summed E-state index contributed by atoms with van der Waals surface area (Å²) >= 11 is 4.87. The average Bonchev–Trinajstić information content (AvgIpc) is 3.10. The van der Waals surface area contributed by atoms with Crippen LogP contribution in [0, 0.1) is 11.7 Å². The number of sulfonamides is 1. The quantitative estimate of drug-likeness (QED) is 0.455. The summed E-state index contributed by atoms with van der Waals surface area (Å²) in [6.45, 7) is 4.67. The molecule has 1 saturated heterocycles.